The summed E-state index contributed by atoms with van der Waals surface area (Å²) in [5.41, 5.74) is 0.739. The first-order chi connectivity index (χ1) is 8.63. The third-order valence-electron chi connectivity index (χ3n) is 2.73. The Morgan fingerprint density at radius 2 is 2.06 bits per heavy atom. The molecule has 6 heteroatoms. The minimum Gasteiger partial charge on any atom is -0.337 e. The molecule has 0 radical (unpaired) electrons. The molecule has 1 saturated heterocycles. The standard InChI is InChI=1S/C12H15BrFN3O/c13-9-1-3-11(4-2-9)16-12(18)15-5-6-17-7-10(14)8-17/h1-4,10H,5-8H2,(H2,15,16,18). The van der Waals surface area contributed by atoms with Crippen LogP contribution in [0.25, 0.3) is 0 Å². The lowest BCUT2D eigenvalue weighted by Crippen LogP contribution is -2.51. The zero-order valence-corrected chi connectivity index (χ0v) is 11.4. The van der Waals surface area contributed by atoms with E-state index in [-0.39, 0.29) is 6.03 Å². The maximum atomic E-state index is 12.5. The molecule has 1 aliphatic rings. The zero-order chi connectivity index (χ0) is 13.0. The number of nitrogens with zero attached hydrogens (tertiary/aromatic N) is 1. The van der Waals surface area contributed by atoms with Crippen LogP contribution in [-0.2, 0) is 0 Å². The van der Waals surface area contributed by atoms with E-state index in [1.807, 2.05) is 29.2 Å². The number of alkyl halides is 1. The number of hydrogen-bond donors (Lipinski definition) is 2. The fraction of sp³-hybridized carbons (Fsp3) is 0.417. The van der Waals surface area contributed by atoms with Crippen LogP contribution in [0.2, 0.25) is 0 Å². The number of urea groups is 1. The smallest absolute Gasteiger partial charge is 0.319 e. The van der Waals surface area contributed by atoms with Gasteiger partial charge >= 0.3 is 6.03 Å². The van der Waals surface area contributed by atoms with Crippen molar-refractivity contribution in [2.45, 2.75) is 6.17 Å². The number of carbonyl (C=O) groups excluding carboxylic acids is 1. The van der Waals surface area contributed by atoms with Gasteiger partial charge in [-0.15, -0.1) is 0 Å². The number of benzene rings is 1. The third-order valence-corrected chi connectivity index (χ3v) is 3.26. The van der Waals surface area contributed by atoms with E-state index in [2.05, 4.69) is 26.6 Å². The number of hydrogen-bond acceptors (Lipinski definition) is 2. The van der Waals surface area contributed by atoms with E-state index in [1.165, 1.54) is 0 Å². The Morgan fingerprint density at radius 3 is 2.67 bits per heavy atom. The molecule has 0 saturated carbocycles. The van der Waals surface area contributed by atoms with Gasteiger partial charge in [0.25, 0.3) is 0 Å². The normalized spacial score (nSPS) is 16.1. The van der Waals surface area contributed by atoms with E-state index in [0.717, 1.165) is 10.2 Å². The summed E-state index contributed by atoms with van der Waals surface area (Å²) in [5.74, 6) is 0. The van der Waals surface area contributed by atoms with Crippen molar-refractivity contribution in [1.29, 1.82) is 0 Å². The van der Waals surface area contributed by atoms with Crippen LogP contribution >= 0.6 is 15.9 Å². The number of likely N-dealkylation sites (tertiary alicyclic amines) is 1. The van der Waals surface area contributed by atoms with Gasteiger partial charge in [0, 0.05) is 36.3 Å². The van der Waals surface area contributed by atoms with Gasteiger partial charge in [-0.25, -0.2) is 9.18 Å². The monoisotopic (exact) mass is 315 g/mol. The molecule has 2 N–H and O–H groups in total. The molecule has 0 bridgehead atoms. The van der Waals surface area contributed by atoms with Gasteiger partial charge in [-0.1, -0.05) is 15.9 Å². The van der Waals surface area contributed by atoms with Crippen molar-refractivity contribution in [2.24, 2.45) is 0 Å². The Hall–Kier alpha value is -1.14. The summed E-state index contributed by atoms with van der Waals surface area (Å²) in [5, 5.41) is 5.46. The Kier molecular flexibility index (Phi) is 4.54. The van der Waals surface area contributed by atoms with Gasteiger partial charge in [-0.05, 0) is 24.3 Å². The van der Waals surface area contributed by atoms with E-state index in [0.29, 0.717) is 26.2 Å². The Bertz CT molecular complexity index is 406. The summed E-state index contributed by atoms with van der Waals surface area (Å²) in [6, 6.07) is 7.10. The molecule has 0 unspecified atom stereocenters. The first kappa shape index (κ1) is 13.3. The van der Waals surface area contributed by atoms with E-state index in [9.17, 15) is 9.18 Å². The van der Waals surface area contributed by atoms with Crippen LogP contribution in [0.5, 0.6) is 0 Å². The van der Waals surface area contributed by atoms with Gasteiger partial charge in [0.1, 0.15) is 6.17 Å². The molecular formula is C12H15BrFN3O. The van der Waals surface area contributed by atoms with Crippen LogP contribution in [0.1, 0.15) is 0 Å². The van der Waals surface area contributed by atoms with Crippen molar-refractivity contribution in [3.05, 3.63) is 28.7 Å². The van der Waals surface area contributed by atoms with Crippen LogP contribution in [0.15, 0.2) is 28.7 Å². The Morgan fingerprint density at radius 1 is 1.39 bits per heavy atom. The summed E-state index contributed by atoms with van der Waals surface area (Å²) >= 11 is 3.32. The molecule has 1 aromatic rings. The lowest BCUT2D eigenvalue weighted by molar-refractivity contribution is 0.0676. The molecule has 0 aromatic heterocycles. The number of anilines is 1. The molecule has 1 heterocycles. The average molecular weight is 316 g/mol. The number of carbonyl (C=O) groups is 1. The van der Waals surface area contributed by atoms with Crippen LogP contribution < -0.4 is 10.6 Å². The zero-order valence-electron chi connectivity index (χ0n) is 9.83. The Balaban J connectivity index is 1.64. The summed E-state index contributed by atoms with van der Waals surface area (Å²) < 4.78 is 13.5. The highest BCUT2D eigenvalue weighted by Crippen LogP contribution is 2.13. The second-order valence-corrected chi connectivity index (χ2v) is 5.16. The SMILES string of the molecule is O=C(NCCN1CC(F)C1)Nc1ccc(Br)cc1. The van der Waals surface area contributed by atoms with Crippen molar-refractivity contribution in [3.8, 4) is 0 Å². The highest BCUT2D eigenvalue weighted by molar-refractivity contribution is 9.10. The molecule has 0 spiro atoms. The minimum atomic E-state index is -0.693. The van der Waals surface area contributed by atoms with Gasteiger partial charge in [-0.2, -0.15) is 0 Å². The molecule has 1 aromatic carbocycles. The molecule has 2 rings (SSSR count). The number of halogens is 2. The van der Waals surface area contributed by atoms with Crippen molar-refractivity contribution in [2.75, 3.05) is 31.5 Å². The van der Waals surface area contributed by atoms with Crippen molar-refractivity contribution in [3.63, 3.8) is 0 Å². The van der Waals surface area contributed by atoms with Crippen LogP contribution in [0.4, 0.5) is 14.9 Å². The lowest BCUT2D eigenvalue weighted by Gasteiger charge is -2.34. The second-order valence-electron chi connectivity index (χ2n) is 4.24. The number of nitrogens with one attached hydrogen (secondary N) is 2. The van der Waals surface area contributed by atoms with E-state index in [1.54, 1.807) is 0 Å². The molecule has 0 atom stereocenters. The largest absolute Gasteiger partial charge is 0.337 e. The Labute approximate surface area is 114 Å². The molecule has 4 nitrogen and oxygen atoms in total. The highest BCUT2D eigenvalue weighted by Gasteiger charge is 2.25. The fourth-order valence-corrected chi connectivity index (χ4v) is 1.99. The summed E-state index contributed by atoms with van der Waals surface area (Å²) in [6.07, 6.45) is -0.693. The minimum absolute atomic E-state index is 0.241. The molecule has 2 amide bonds. The summed E-state index contributed by atoms with van der Waals surface area (Å²) in [6.45, 7) is 2.18. The van der Waals surface area contributed by atoms with E-state index < -0.39 is 6.17 Å². The fourth-order valence-electron chi connectivity index (χ4n) is 1.73. The van der Waals surface area contributed by atoms with Gasteiger partial charge in [0.2, 0.25) is 0 Å². The summed E-state index contributed by atoms with van der Waals surface area (Å²) in [4.78, 5) is 13.5. The predicted octanol–water partition coefficient (Wildman–Crippen LogP) is 2.22. The number of rotatable bonds is 4. The maximum Gasteiger partial charge on any atom is 0.319 e. The topological polar surface area (TPSA) is 44.4 Å². The molecule has 1 aliphatic heterocycles. The average Bonchev–Trinajstić information content (AvgIpc) is 2.30. The molecular weight excluding hydrogens is 301 g/mol. The first-order valence-electron chi connectivity index (χ1n) is 5.80. The molecule has 1 fully saturated rings. The second kappa shape index (κ2) is 6.15. The van der Waals surface area contributed by atoms with Crippen molar-refractivity contribution >= 4 is 27.6 Å². The van der Waals surface area contributed by atoms with Crippen molar-refractivity contribution in [1.82, 2.24) is 10.2 Å². The molecule has 98 valence electrons. The first-order valence-corrected chi connectivity index (χ1v) is 6.59. The lowest BCUT2D eigenvalue weighted by atomic mass is 10.2. The van der Waals surface area contributed by atoms with Crippen molar-refractivity contribution < 1.29 is 9.18 Å². The van der Waals surface area contributed by atoms with E-state index >= 15 is 0 Å². The van der Waals surface area contributed by atoms with E-state index in [4.69, 9.17) is 0 Å². The quantitative estimate of drug-likeness (QED) is 0.895. The molecule has 18 heavy (non-hydrogen) atoms. The van der Waals surface area contributed by atoms with Gasteiger partial charge < -0.3 is 10.6 Å². The van der Waals surface area contributed by atoms with Gasteiger partial charge in [0.15, 0.2) is 0 Å². The highest BCUT2D eigenvalue weighted by atomic mass is 79.9. The maximum absolute atomic E-state index is 12.5. The molecule has 0 aliphatic carbocycles. The predicted molar refractivity (Wildman–Crippen MR) is 72.5 cm³/mol. The summed E-state index contributed by atoms with van der Waals surface area (Å²) in [7, 11) is 0. The van der Waals surface area contributed by atoms with Crippen LogP contribution in [-0.4, -0.2) is 43.3 Å². The van der Waals surface area contributed by atoms with Crippen LogP contribution in [0, 0.1) is 0 Å². The number of amides is 2. The van der Waals surface area contributed by atoms with Gasteiger partial charge in [0.05, 0.1) is 0 Å². The van der Waals surface area contributed by atoms with Crippen LogP contribution in [0.3, 0.4) is 0 Å². The van der Waals surface area contributed by atoms with Gasteiger partial charge in [-0.3, -0.25) is 4.90 Å². The third kappa shape index (κ3) is 3.96.